The highest BCUT2D eigenvalue weighted by molar-refractivity contribution is 5.45. The Labute approximate surface area is 312 Å². The van der Waals surface area contributed by atoms with Gasteiger partial charge in [-0.05, 0) is 182 Å². The summed E-state index contributed by atoms with van der Waals surface area (Å²) < 4.78 is 0. The first-order chi connectivity index (χ1) is 24.8. The second kappa shape index (κ2) is 14.1. The molecule has 3 aliphatic rings. The fraction of sp³-hybridized carbons (Fsp3) is 0.500. The molecule has 4 aromatic rings. The molecule has 4 aromatic carbocycles. The van der Waals surface area contributed by atoms with Crippen LogP contribution in [0.2, 0.25) is 0 Å². The molecule has 0 spiro atoms. The molecule has 3 saturated carbocycles. The van der Waals surface area contributed by atoms with E-state index in [1.165, 1.54) is 73.6 Å². The van der Waals surface area contributed by atoms with Crippen molar-refractivity contribution in [2.24, 2.45) is 34.5 Å². The van der Waals surface area contributed by atoms with Crippen molar-refractivity contribution in [3.8, 4) is 23.0 Å². The van der Waals surface area contributed by atoms with Crippen LogP contribution in [0.25, 0.3) is 0 Å². The monoisotopic (exact) mass is 700 g/mol. The zero-order valence-corrected chi connectivity index (χ0v) is 31.8. The molecular formula is C48H60O4. The van der Waals surface area contributed by atoms with Crippen molar-refractivity contribution in [1.29, 1.82) is 0 Å². The van der Waals surface area contributed by atoms with Crippen molar-refractivity contribution < 1.29 is 20.4 Å². The lowest BCUT2D eigenvalue weighted by molar-refractivity contribution is -0.00418. The lowest BCUT2D eigenvalue weighted by atomic mass is 9.52. The molecule has 0 heterocycles. The summed E-state index contributed by atoms with van der Waals surface area (Å²) in [6.07, 6.45) is 14.3. The Balaban J connectivity index is 1.00. The molecule has 0 aromatic heterocycles. The van der Waals surface area contributed by atoms with E-state index in [1.54, 1.807) is 0 Å². The molecule has 3 fully saturated rings. The second-order valence-corrected chi connectivity index (χ2v) is 18.1. The van der Waals surface area contributed by atoms with E-state index in [0.717, 1.165) is 37.5 Å². The maximum atomic E-state index is 10.1. The predicted molar refractivity (Wildman–Crippen MR) is 211 cm³/mol. The Morgan fingerprint density at radius 2 is 0.538 bits per heavy atom. The van der Waals surface area contributed by atoms with Gasteiger partial charge in [-0.2, -0.15) is 0 Å². The molecule has 4 N–H and O–H groups in total. The number of hydrogen-bond acceptors (Lipinski definition) is 4. The molecule has 4 heteroatoms. The first-order valence-corrected chi connectivity index (χ1v) is 20.0. The number of rotatable bonds is 8. The SMILES string of the molecule is CC(C)(C1CCC(C(C)(C)C2CCC(c3ccc(O)cc3)(c3ccc(O)cc3)CC2)CC1)C1CCC(c2ccc(O)cc2)(c2ccc(O)cc2)CC1. The summed E-state index contributed by atoms with van der Waals surface area (Å²) in [5, 5.41) is 40.2. The third-order valence-electron chi connectivity index (χ3n) is 15.3. The largest absolute Gasteiger partial charge is 0.508 e. The van der Waals surface area contributed by atoms with Crippen molar-refractivity contribution in [3.05, 3.63) is 119 Å². The fourth-order valence-corrected chi connectivity index (χ4v) is 11.6. The third-order valence-corrected chi connectivity index (χ3v) is 15.3. The van der Waals surface area contributed by atoms with Gasteiger partial charge in [0, 0.05) is 10.8 Å². The fourth-order valence-electron chi connectivity index (χ4n) is 11.6. The van der Waals surface area contributed by atoms with Gasteiger partial charge >= 0.3 is 0 Å². The molecule has 3 aliphatic carbocycles. The summed E-state index contributed by atoms with van der Waals surface area (Å²) in [4.78, 5) is 0. The van der Waals surface area contributed by atoms with Crippen molar-refractivity contribution >= 4 is 0 Å². The average molecular weight is 701 g/mol. The van der Waals surface area contributed by atoms with Crippen molar-refractivity contribution in [2.45, 2.75) is 116 Å². The Hall–Kier alpha value is -3.92. The summed E-state index contributed by atoms with van der Waals surface area (Å²) in [7, 11) is 0. The summed E-state index contributed by atoms with van der Waals surface area (Å²) in [6, 6.07) is 31.4. The Morgan fingerprint density at radius 1 is 0.346 bits per heavy atom. The van der Waals surface area contributed by atoms with Crippen molar-refractivity contribution in [3.63, 3.8) is 0 Å². The van der Waals surface area contributed by atoms with Crippen LogP contribution >= 0.6 is 0 Å². The minimum Gasteiger partial charge on any atom is -0.508 e. The molecule has 0 atom stereocenters. The topological polar surface area (TPSA) is 80.9 Å². The van der Waals surface area contributed by atoms with Gasteiger partial charge in [0.2, 0.25) is 0 Å². The summed E-state index contributed by atoms with van der Waals surface area (Å²) in [5.74, 6) is 4.04. The molecule has 0 bridgehead atoms. The minimum absolute atomic E-state index is 0.0994. The van der Waals surface area contributed by atoms with Gasteiger partial charge in [0.05, 0.1) is 0 Å². The van der Waals surface area contributed by atoms with Gasteiger partial charge in [-0.3, -0.25) is 0 Å². The number of phenols is 4. The van der Waals surface area contributed by atoms with Crippen LogP contribution in [0.3, 0.4) is 0 Å². The Bertz CT molecular complexity index is 1530. The van der Waals surface area contributed by atoms with E-state index in [2.05, 4.69) is 76.2 Å². The summed E-state index contributed by atoms with van der Waals surface area (Å²) in [6.45, 7) is 10.3. The molecule has 7 rings (SSSR count). The van der Waals surface area contributed by atoms with E-state index in [0.29, 0.717) is 34.8 Å². The molecule has 0 amide bonds. The molecule has 0 unspecified atom stereocenters. The number of aromatic hydroxyl groups is 4. The Morgan fingerprint density at radius 3 is 0.750 bits per heavy atom. The van der Waals surface area contributed by atoms with Gasteiger partial charge < -0.3 is 20.4 Å². The zero-order valence-electron chi connectivity index (χ0n) is 31.8. The van der Waals surface area contributed by atoms with Gasteiger partial charge in [0.1, 0.15) is 23.0 Å². The van der Waals surface area contributed by atoms with E-state index >= 15 is 0 Å². The van der Waals surface area contributed by atoms with Crippen LogP contribution in [0.15, 0.2) is 97.1 Å². The van der Waals surface area contributed by atoms with Crippen LogP contribution in [0.5, 0.6) is 23.0 Å². The van der Waals surface area contributed by atoms with Crippen LogP contribution < -0.4 is 0 Å². The number of benzene rings is 4. The minimum atomic E-state index is -0.0994. The lowest BCUT2D eigenvalue weighted by Crippen LogP contribution is -2.44. The smallest absolute Gasteiger partial charge is 0.115 e. The Kier molecular flexibility index (Phi) is 9.91. The van der Waals surface area contributed by atoms with Gasteiger partial charge in [-0.1, -0.05) is 76.2 Å². The first kappa shape index (κ1) is 36.4. The summed E-state index contributed by atoms with van der Waals surface area (Å²) >= 11 is 0. The lowest BCUT2D eigenvalue weighted by Gasteiger charge is -2.53. The standard InChI is InChI=1S/C48H60O4/c1-45(2,35-25-29-47(30-26-35,37-9-17-41(49)18-10-37)38-11-19-42(50)20-12-38)33-5-7-34(8-6-33)46(3,4)36-27-31-48(32-28-36,39-13-21-43(51)22-14-39)40-15-23-44(52)24-16-40/h9-24,33-36,49-52H,5-8,25-32H2,1-4H3. The maximum absolute atomic E-state index is 10.1. The van der Waals surface area contributed by atoms with Gasteiger partial charge in [-0.25, -0.2) is 0 Å². The second-order valence-electron chi connectivity index (χ2n) is 18.1. The highest BCUT2D eigenvalue weighted by Gasteiger charge is 2.49. The van der Waals surface area contributed by atoms with Crippen molar-refractivity contribution in [2.75, 3.05) is 0 Å². The maximum Gasteiger partial charge on any atom is 0.115 e. The molecule has 276 valence electrons. The van der Waals surface area contributed by atoms with Crippen LogP contribution in [0.4, 0.5) is 0 Å². The molecular weight excluding hydrogens is 641 g/mol. The first-order valence-electron chi connectivity index (χ1n) is 20.0. The predicted octanol–water partition coefficient (Wildman–Crippen LogP) is 12.0. The van der Waals surface area contributed by atoms with Crippen molar-refractivity contribution in [1.82, 2.24) is 0 Å². The van der Waals surface area contributed by atoms with Crippen LogP contribution in [0, 0.1) is 34.5 Å². The van der Waals surface area contributed by atoms with E-state index in [1.807, 2.05) is 48.5 Å². The quantitative estimate of drug-likeness (QED) is 0.147. The molecule has 4 nitrogen and oxygen atoms in total. The van der Waals surface area contributed by atoms with Gasteiger partial charge in [0.25, 0.3) is 0 Å². The molecule has 52 heavy (non-hydrogen) atoms. The highest BCUT2D eigenvalue weighted by Crippen LogP contribution is 2.58. The molecule has 0 radical (unpaired) electrons. The van der Waals surface area contributed by atoms with Crippen LogP contribution in [0.1, 0.15) is 127 Å². The number of hydrogen-bond donors (Lipinski definition) is 4. The third kappa shape index (κ3) is 6.72. The molecule has 0 saturated heterocycles. The highest BCUT2D eigenvalue weighted by atomic mass is 16.3. The van der Waals surface area contributed by atoms with E-state index in [4.69, 9.17) is 0 Å². The van der Waals surface area contributed by atoms with E-state index in [9.17, 15) is 20.4 Å². The normalized spacial score (nSPS) is 22.9. The van der Waals surface area contributed by atoms with Gasteiger partial charge in [-0.15, -0.1) is 0 Å². The van der Waals surface area contributed by atoms with Gasteiger partial charge in [0.15, 0.2) is 0 Å². The van der Waals surface area contributed by atoms with E-state index in [-0.39, 0.29) is 21.7 Å². The zero-order chi connectivity index (χ0) is 36.7. The average Bonchev–Trinajstić information content (AvgIpc) is 3.16. The number of phenolic OH excluding ortho intramolecular Hbond substituents is 4. The van der Waals surface area contributed by atoms with Crippen LogP contribution in [-0.4, -0.2) is 20.4 Å². The molecule has 0 aliphatic heterocycles. The summed E-state index contributed by atoms with van der Waals surface area (Å²) in [5.41, 5.74) is 5.42. The van der Waals surface area contributed by atoms with E-state index < -0.39 is 0 Å². The van der Waals surface area contributed by atoms with Crippen LogP contribution in [-0.2, 0) is 10.8 Å².